The van der Waals surface area contributed by atoms with E-state index >= 15 is 0 Å². The number of aromatic nitrogens is 2. The summed E-state index contributed by atoms with van der Waals surface area (Å²) in [5.41, 5.74) is 3.83. The van der Waals surface area contributed by atoms with Crippen molar-refractivity contribution in [2.75, 3.05) is 11.9 Å². The van der Waals surface area contributed by atoms with E-state index in [1.54, 1.807) is 0 Å². The fourth-order valence-corrected chi connectivity index (χ4v) is 2.91. The summed E-state index contributed by atoms with van der Waals surface area (Å²) in [5.74, 6) is 0.0465. The molecule has 1 unspecified atom stereocenters. The molecule has 124 valence electrons. The third kappa shape index (κ3) is 4.12. The van der Waals surface area contributed by atoms with Gasteiger partial charge in [0.1, 0.15) is 0 Å². The van der Waals surface area contributed by atoms with E-state index in [9.17, 15) is 4.79 Å². The largest absolute Gasteiger partial charge is 0.325 e. The van der Waals surface area contributed by atoms with Gasteiger partial charge in [-0.05, 0) is 57.5 Å². The summed E-state index contributed by atoms with van der Waals surface area (Å²) >= 11 is 0. The van der Waals surface area contributed by atoms with Crippen LogP contribution in [0.25, 0.3) is 5.69 Å². The van der Waals surface area contributed by atoms with E-state index in [1.807, 2.05) is 48.9 Å². The van der Waals surface area contributed by atoms with Gasteiger partial charge in [0.15, 0.2) is 0 Å². The van der Waals surface area contributed by atoms with Gasteiger partial charge in [0.05, 0.1) is 17.4 Å². The third-order valence-electron chi connectivity index (χ3n) is 3.99. The Kier molecular flexibility index (Phi) is 5.80. The number of nitrogens with one attached hydrogen (secondary N) is 2. The van der Waals surface area contributed by atoms with E-state index in [0.29, 0.717) is 0 Å². The Hall–Kier alpha value is -1.85. The highest BCUT2D eigenvalue weighted by Gasteiger charge is 2.20. The molecule has 1 amide bonds. The first-order chi connectivity index (χ1) is 10.6. The number of aryl methyl sites for hydroxylation is 2. The number of carbonyl (C=O) groups is 1. The van der Waals surface area contributed by atoms with Crippen molar-refractivity contribution in [3.05, 3.63) is 41.7 Å². The van der Waals surface area contributed by atoms with Crippen molar-refractivity contribution < 1.29 is 4.79 Å². The number of nitrogens with zero attached hydrogens (tertiary/aromatic N) is 2. The van der Waals surface area contributed by atoms with Crippen molar-refractivity contribution in [3.63, 3.8) is 0 Å². The summed E-state index contributed by atoms with van der Waals surface area (Å²) in [6, 6.07) is 9.77. The molecule has 1 fully saturated rings. The van der Waals surface area contributed by atoms with Crippen LogP contribution in [0.3, 0.4) is 0 Å². The predicted octanol–water partition coefficient (Wildman–Crippen LogP) is 2.99. The highest BCUT2D eigenvalue weighted by atomic mass is 35.5. The van der Waals surface area contributed by atoms with Crippen LogP contribution >= 0.6 is 12.4 Å². The number of hydrogen-bond donors (Lipinski definition) is 2. The van der Waals surface area contributed by atoms with Crippen molar-refractivity contribution in [1.82, 2.24) is 15.1 Å². The van der Waals surface area contributed by atoms with Crippen LogP contribution in [0.15, 0.2) is 30.3 Å². The summed E-state index contributed by atoms with van der Waals surface area (Å²) in [6.45, 7) is 4.92. The standard InChI is InChI=1S/C17H22N4O.ClH/c1-12-10-13(2)21(20-12)15-7-5-6-14(11-15)19-17(22)16-8-3-4-9-18-16;/h5-7,10-11,16,18H,3-4,8-9H2,1-2H3,(H,19,22);1H. The second-order valence-electron chi connectivity index (χ2n) is 5.88. The summed E-state index contributed by atoms with van der Waals surface area (Å²) in [4.78, 5) is 12.3. The zero-order valence-corrected chi connectivity index (χ0v) is 14.3. The molecule has 1 aromatic heterocycles. The quantitative estimate of drug-likeness (QED) is 0.907. The van der Waals surface area contributed by atoms with Crippen molar-refractivity contribution >= 4 is 24.0 Å². The molecule has 0 saturated carbocycles. The van der Waals surface area contributed by atoms with Gasteiger partial charge in [-0.15, -0.1) is 12.4 Å². The maximum Gasteiger partial charge on any atom is 0.241 e. The topological polar surface area (TPSA) is 59.0 Å². The van der Waals surface area contributed by atoms with Gasteiger partial charge in [-0.3, -0.25) is 4.79 Å². The van der Waals surface area contributed by atoms with Gasteiger partial charge < -0.3 is 10.6 Å². The highest BCUT2D eigenvalue weighted by molar-refractivity contribution is 5.95. The number of carbonyl (C=O) groups excluding carboxylic acids is 1. The average Bonchev–Trinajstić information content (AvgIpc) is 2.87. The van der Waals surface area contributed by atoms with E-state index in [2.05, 4.69) is 15.7 Å². The Balaban J connectivity index is 0.00000192. The maximum atomic E-state index is 12.3. The first kappa shape index (κ1) is 17.5. The molecule has 0 spiro atoms. The van der Waals surface area contributed by atoms with Crippen LogP contribution in [0.5, 0.6) is 0 Å². The number of hydrogen-bond acceptors (Lipinski definition) is 3. The van der Waals surface area contributed by atoms with Crippen LogP contribution in [0.1, 0.15) is 30.7 Å². The molecular weight excluding hydrogens is 312 g/mol. The number of amides is 1. The summed E-state index contributed by atoms with van der Waals surface area (Å²) < 4.78 is 1.89. The van der Waals surface area contributed by atoms with Gasteiger partial charge in [0.25, 0.3) is 0 Å². The first-order valence-corrected chi connectivity index (χ1v) is 7.81. The second kappa shape index (κ2) is 7.62. The average molecular weight is 335 g/mol. The van der Waals surface area contributed by atoms with Gasteiger partial charge >= 0.3 is 0 Å². The predicted molar refractivity (Wildman–Crippen MR) is 94.6 cm³/mol. The molecule has 2 aromatic rings. The summed E-state index contributed by atoms with van der Waals surface area (Å²) in [7, 11) is 0. The minimum atomic E-state index is -0.0777. The van der Waals surface area contributed by atoms with Crippen molar-refractivity contribution in [3.8, 4) is 5.69 Å². The Bertz CT molecular complexity index is 677. The number of piperidine rings is 1. The fraction of sp³-hybridized carbons (Fsp3) is 0.412. The van der Waals surface area contributed by atoms with Crippen LogP contribution in [-0.4, -0.2) is 28.3 Å². The Morgan fingerprint density at radius 3 is 2.78 bits per heavy atom. The maximum absolute atomic E-state index is 12.3. The van der Waals surface area contributed by atoms with Gasteiger partial charge in [-0.25, -0.2) is 4.68 Å². The highest BCUT2D eigenvalue weighted by Crippen LogP contribution is 2.18. The molecule has 3 rings (SSSR count). The van der Waals surface area contributed by atoms with E-state index < -0.39 is 0 Å². The van der Waals surface area contributed by atoms with Crippen molar-refractivity contribution in [2.45, 2.75) is 39.2 Å². The molecule has 0 bridgehead atoms. The van der Waals surface area contributed by atoms with E-state index in [0.717, 1.165) is 48.6 Å². The molecule has 2 heterocycles. The van der Waals surface area contributed by atoms with Crippen LogP contribution in [0.2, 0.25) is 0 Å². The van der Waals surface area contributed by atoms with Crippen molar-refractivity contribution in [1.29, 1.82) is 0 Å². The zero-order valence-electron chi connectivity index (χ0n) is 13.5. The molecule has 1 atom stereocenters. The van der Waals surface area contributed by atoms with Crippen LogP contribution in [0.4, 0.5) is 5.69 Å². The van der Waals surface area contributed by atoms with Crippen LogP contribution in [-0.2, 0) is 4.79 Å². The molecule has 6 heteroatoms. The normalized spacial score (nSPS) is 17.4. The number of halogens is 1. The first-order valence-electron chi connectivity index (χ1n) is 7.81. The van der Waals surface area contributed by atoms with E-state index in [1.165, 1.54) is 0 Å². The van der Waals surface area contributed by atoms with Crippen molar-refractivity contribution in [2.24, 2.45) is 0 Å². The van der Waals surface area contributed by atoms with E-state index in [4.69, 9.17) is 0 Å². The monoisotopic (exact) mass is 334 g/mol. The number of rotatable bonds is 3. The molecule has 5 nitrogen and oxygen atoms in total. The van der Waals surface area contributed by atoms with Gasteiger partial charge in [-0.2, -0.15) is 5.10 Å². The van der Waals surface area contributed by atoms with Crippen LogP contribution < -0.4 is 10.6 Å². The molecule has 2 N–H and O–H groups in total. The molecule has 23 heavy (non-hydrogen) atoms. The zero-order chi connectivity index (χ0) is 15.5. The van der Waals surface area contributed by atoms with Gasteiger partial charge in [0, 0.05) is 11.4 Å². The third-order valence-corrected chi connectivity index (χ3v) is 3.99. The minimum absolute atomic E-state index is 0. The SMILES string of the molecule is Cc1cc(C)n(-c2cccc(NC(=O)C3CCCCN3)c2)n1.Cl. The van der Waals surface area contributed by atoms with E-state index in [-0.39, 0.29) is 24.4 Å². The lowest BCUT2D eigenvalue weighted by molar-refractivity contribution is -0.118. The molecule has 0 radical (unpaired) electrons. The lowest BCUT2D eigenvalue weighted by Gasteiger charge is -2.22. The smallest absolute Gasteiger partial charge is 0.241 e. The molecule has 1 aromatic carbocycles. The minimum Gasteiger partial charge on any atom is -0.325 e. The molecule has 1 aliphatic heterocycles. The Morgan fingerprint density at radius 2 is 2.13 bits per heavy atom. The molecule has 1 saturated heterocycles. The molecule has 0 aliphatic carbocycles. The second-order valence-corrected chi connectivity index (χ2v) is 5.88. The van der Waals surface area contributed by atoms with Gasteiger partial charge in [-0.1, -0.05) is 12.5 Å². The lowest BCUT2D eigenvalue weighted by atomic mass is 10.0. The number of anilines is 1. The van der Waals surface area contributed by atoms with Gasteiger partial charge in [0.2, 0.25) is 5.91 Å². The summed E-state index contributed by atoms with van der Waals surface area (Å²) in [6.07, 6.45) is 3.16. The Morgan fingerprint density at radius 1 is 1.30 bits per heavy atom. The number of benzene rings is 1. The summed E-state index contributed by atoms with van der Waals surface area (Å²) in [5, 5.41) is 10.8. The Labute approximate surface area is 142 Å². The van der Waals surface area contributed by atoms with Crippen LogP contribution in [0, 0.1) is 13.8 Å². The molecule has 1 aliphatic rings. The molecular formula is C17H23ClN4O. The fourth-order valence-electron chi connectivity index (χ4n) is 2.91. The lowest BCUT2D eigenvalue weighted by Crippen LogP contribution is -2.43.